The van der Waals surface area contributed by atoms with Crippen LogP contribution in [0.5, 0.6) is 0 Å². The predicted octanol–water partition coefficient (Wildman–Crippen LogP) is 1.26. The molecule has 1 fully saturated rings. The molecule has 0 saturated heterocycles. The Kier molecular flexibility index (Phi) is 4.18. The van der Waals surface area contributed by atoms with Gasteiger partial charge in [-0.2, -0.15) is 5.26 Å². The topological polar surface area (TPSA) is 73.1 Å². The van der Waals surface area contributed by atoms with Crippen molar-refractivity contribution < 1.29 is 9.90 Å². The zero-order valence-corrected chi connectivity index (χ0v) is 10.8. The van der Waals surface area contributed by atoms with Crippen LogP contribution in [-0.2, 0) is 11.2 Å². The molecule has 19 heavy (non-hydrogen) atoms. The van der Waals surface area contributed by atoms with E-state index in [1.54, 1.807) is 0 Å². The number of carbonyl (C=O) groups is 1. The van der Waals surface area contributed by atoms with Gasteiger partial charge < -0.3 is 10.4 Å². The summed E-state index contributed by atoms with van der Waals surface area (Å²) >= 11 is 0. The van der Waals surface area contributed by atoms with Crippen LogP contribution in [0.1, 0.15) is 18.4 Å². The molecule has 1 amide bonds. The second-order valence-electron chi connectivity index (χ2n) is 5.25. The van der Waals surface area contributed by atoms with Gasteiger partial charge in [0.05, 0.1) is 12.7 Å². The molecule has 1 aliphatic rings. The quantitative estimate of drug-likeness (QED) is 0.806. The molecule has 2 rings (SSSR count). The third-order valence-electron chi connectivity index (χ3n) is 3.69. The number of carbonyl (C=O) groups excluding carboxylic acids is 1. The van der Waals surface area contributed by atoms with E-state index < -0.39 is 5.92 Å². The van der Waals surface area contributed by atoms with E-state index in [1.165, 1.54) is 0 Å². The molecule has 4 heteroatoms. The lowest BCUT2D eigenvalue weighted by Crippen LogP contribution is -2.36. The standard InChI is InChI=1S/C15H18N2O2/c16-9-13(8-12-4-2-1-3-5-12)14(19)17-10-15(11-18)6-7-15/h1-5,13,18H,6-8,10-11H2,(H,17,19). The van der Waals surface area contributed by atoms with Crippen LogP contribution in [0.25, 0.3) is 0 Å². The van der Waals surface area contributed by atoms with Crippen molar-refractivity contribution in [3.05, 3.63) is 35.9 Å². The van der Waals surface area contributed by atoms with Crippen molar-refractivity contribution in [1.29, 1.82) is 5.26 Å². The Hall–Kier alpha value is -1.86. The molecule has 0 bridgehead atoms. The van der Waals surface area contributed by atoms with Gasteiger partial charge in [-0.1, -0.05) is 30.3 Å². The number of nitrogens with one attached hydrogen (secondary N) is 1. The molecule has 0 radical (unpaired) electrons. The molecule has 1 unspecified atom stereocenters. The highest BCUT2D eigenvalue weighted by molar-refractivity contribution is 5.81. The molecule has 1 aromatic carbocycles. The first kappa shape index (κ1) is 13.6. The van der Waals surface area contributed by atoms with E-state index in [2.05, 4.69) is 11.4 Å². The summed E-state index contributed by atoms with van der Waals surface area (Å²) < 4.78 is 0. The largest absolute Gasteiger partial charge is 0.396 e. The predicted molar refractivity (Wildman–Crippen MR) is 71.0 cm³/mol. The van der Waals surface area contributed by atoms with Gasteiger partial charge in [0.2, 0.25) is 5.91 Å². The van der Waals surface area contributed by atoms with E-state index in [0.29, 0.717) is 13.0 Å². The fourth-order valence-corrected chi connectivity index (χ4v) is 2.01. The molecular weight excluding hydrogens is 240 g/mol. The third-order valence-corrected chi connectivity index (χ3v) is 3.69. The first-order valence-corrected chi connectivity index (χ1v) is 6.51. The van der Waals surface area contributed by atoms with Gasteiger partial charge in [0.25, 0.3) is 0 Å². The Labute approximate surface area is 113 Å². The smallest absolute Gasteiger partial charge is 0.237 e. The van der Waals surface area contributed by atoms with Crippen molar-refractivity contribution in [1.82, 2.24) is 5.32 Å². The van der Waals surface area contributed by atoms with Gasteiger partial charge in [-0.05, 0) is 24.8 Å². The van der Waals surface area contributed by atoms with Crippen LogP contribution < -0.4 is 5.32 Å². The summed E-state index contributed by atoms with van der Waals surface area (Å²) in [5.41, 5.74) is 0.857. The van der Waals surface area contributed by atoms with Crippen molar-refractivity contribution >= 4 is 5.91 Å². The van der Waals surface area contributed by atoms with Crippen LogP contribution >= 0.6 is 0 Å². The summed E-state index contributed by atoms with van der Waals surface area (Å²) in [6, 6.07) is 11.6. The summed E-state index contributed by atoms with van der Waals surface area (Å²) in [5, 5.41) is 21.1. The minimum Gasteiger partial charge on any atom is -0.396 e. The van der Waals surface area contributed by atoms with E-state index in [0.717, 1.165) is 18.4 Å². The van der Waals surface area contributed by atoms with E-state index in [1.807, 2.05) is 30.3 Å². The summed E-state index contributed by atoms with van der Waals surface area (Å²) in [6.45, 7) is 0.568. The monoisotopic (exact) mass is 258 g/mol. The lowest BCUT2D eigenvalue weighted by molar-refractivity contribution is -0.123. The number of nitriles is 1. The number of nitrogens with zero attached hydrogens (tertiary/aromatic N) is 1. The maximum Gasteiger partial charge on any atom is 0.237 e. The molecule has 0 aliphatic heterocycles. The van der Waals surface area contributed by atoms with Gasteiger partial charge in [0.1, 0.15) is 5.92 Å². The summed E-state index contributed by atoms with van der Waals surface area (Å²) in [4.78, 5) is 12.0. The zero-order valence-electron chi connectivity index (χ0n) is 10.8. The lowest BCUT2D eigenvalue weighted by Gasteiger charge is -2.15. The van der Waals surface area contributed by atoms with Crippen LogP contribution in [0, 0.1) is 22.7 Å². The van der Waals surface area contributed by atoms with E-state index in [4.69, 9.17) is 5.26 Å². The van der Waals surface area contributed by atoms with E-state index >= 15 is 0 Å². The van der Waals surface area contributed by atoms with Crippen molar-refractivity contribution in [2.75, 3.05) is 13.2 Å². The highest BCUT2D eigenvalue weighted by atomic mass is 16.3. The van der Waals surface area contributed by atoms with E-state index in [-0.39, 0.29) is 17.9 Å². The Balaban J connectivity index is 1.87. The number of hydrogen-bond donors (Lipinski definition) is 2. The van der Waals surface area contributed by atoms with Crippen molar-refractivity contribution in [2.45, 2.75) is 19.3 Å². The SMILES string of the molecule is N#CC(Cc1ccccc1)C(=O)NCC1(CO)CC1. The van der Waals surface area contributed by atoms with Gasteiger partial charge >= 0.3 is 0 Å². The van der Waals surface area contributed by atoms with Crippen molar-refractivity contribution in [3.63, 3.8) is 0 Å². The van der Waals surface area contributed by atoms with Gasteiger partial charge in [-0.25, -0.2) is 0 Å². The maximum absolute atomic E-state index is 12.0. The zero-order chi connectivity index (χ0) is 13.7. The molecule has 1 aliphatic carbocycles. The van der Waals surface area contributed by atoms with Gasteiger partial charge in [-0.3, -0.25) is 4.79 Å². The second-order valence-corrected chi connectivity index (χ2v) is 5.25. The maximum atomic E-state index is 12.0. The normalized spacial score (nSPS) is 17.3. The summed E-state index contributed by atoms with van der Waals surface area (Å²) in [6.07, 6.45) is 2.31. The van der Waals surface area contributed by atoms with Gasteiger partial charge in [0.15, 0.2) is 0 Å². The Morgan fingerprint density at radius 2 is 2.11 bits per heavy atom. The molecular formula is C15H18N2O2. The summed E-state index contributed by atoms with van der Waals surface area (Å²) in [5.74, 6) is -0.914. The fourth-order valence-electron chi connectivity index (χ4n) is 2.01. The molecule has 0 heterocycles. The number of benzene rings is 1. The Morgan fingerprint density at radius 3 is 2.63 bits per heavy atom. The highest BCUT2D eigenvalue weighted by Gasteiger charge is 2.42. The van der Waals surface area contributed by atoms with Crippen molar-refractivity contribution in [3.8, 4) is 6.07 Å². The van der Waals surface area contributed by atoms with E-state index in [9.17, 15) is 9.90 Å². The second kappa shape index (κ2) is 5.85. The molecule has 1 saturated carbocycles. The first-order valence-electron chi connectivity index (χ1n) is 6.51. The Bertz CT molecular complexity index is 475. The van der Waals surface area contributed by atoms with Crippen LogP contribution in [0.3, 0.4) is 0 Å². The number of amides is 1. The van der Waals surface area contributed by atoms with Gasteiger partial charge in [0, 0.05) is 12.0 Å². The first-order chi connectivity index (χ1) is 9.19. The van der Waals surface area contributed by atoms with Crippen LogP contribution in [0.15, 0.2) is 30.3 Å². The molecule has 1 aromatic rings. The number of aliphatic hydroxyl groups is 1. The minimum absolute atomic E-state index is 0.100. The molecule has 2 N–H and O–H groups in total. The Morgan fingerprint density at radius 1 is 1.42 bits per heavy atom. The van der Waals surface area contributed by atoms with Crippen molar-refractivity contribution in [2.24, 2.45) is 11.3 Å². The molecule has 4 nitrogen and oxygen atoms in total. The molecule has 0 aromatic heterocycles. The average molecular weight is 258 g/mol. The van der Waals surface area contributed by atoms with Crippen LogP contribution in [-0.4, -0.2) is 24.2 Å². The molecule has 0 spiro atoms. The summed E-state index contributed by atoms with van der Waals surface area (Å²) in [7, 11) is 0. The van der Waals surface area contributed by atoms with Gasteiger partial charge in [-0.15, -0.1) is 0 Å². The highest BCUT2D eigenvalue weighted by Crippen LogP contribution is 2.44. The minimum atomic E-state index is -0.670. The molecule has 1 atom stereocenters. The van der Waals surface area contributed by atoms with Crippen LogP contribution in [0.2, 0.25) is 0 Å². The van der Waals surface area contributed by atoms with Crippen LogP contribution in [0.4, 0.5) is 0 Å². The number of rotatable bonds is 6. The number of aliphatic hydroxyl groups excluding tert-OH is 1. The third kappa shape index (κ3) is 3.55. The lowest BCUT2D eigenvalue weighted by atomic mass is 9.99. The fraction of sp³-hybridized carbons (Fsp3) is 0.467. The number of hydrogen-bond acceptors (Lipinski definition) is 3. The average Bonchev–Trinajstić information content (AvgIpc) is 3.24. The molecule has 100 valence electrons.